The van der Waals surface area contributed by atoms with Gasteiger partial charge >= 0.3 is 6.09 Å². The predicted octanol–water partition coefficient (Wildman–Crippen LogP) is 2.28. The molecular formula is C12H19NO4. The van der Waals surface area contributed by atoms with Crippen molar-refractivity contribution in [1.29, 1.82) is 0 Å². The van der Waals surface area contributed by atoms with Crippen LogP contribution in [0, 0.1) is 5.41 Å². The van der Waals surface area contributed by atoms with E-state index in [1.54, 1.807) is 33.8 Å². The summed E-state index contributed by atoms with van der Waals surface area (Å²) in [5, 5.41) is 0.703. The molecule has 0 N–H and O–H groups in total. The van der Waals surface area contributed by atoms with Gasteiger partial charge in [0.25, 0.3) is 5.91 Å². The van der Waals surface area contributed by atoms with E-state index in [0.717, 1.165) is 0 Å². The van der Waals surface area contributed by atoms with E-state index in [1.165, 1.54) is 0 Å². The van der Waals surface area contributed by atoms with E-state index in [1.807, 2.05) is 0 Å². The van der Waals surface area contributed by atoms with Crippen molar-refractivity contribution in [2.45, 2.75) is 39.7 Å². The van der Waals surface area contributed by atoms with Gasteiger partial charge in [0.1, 0.15) is 5.60 Å². The van der Waals surface area contributed by atoms with Crippen LogP contribution in [-0.4, -0.2) is 29.3 Å². The number of allylic oxidation sites excluding steroid dienone is 1. The summed E-state index contributed by atoms with van der Waals surface area (Å²) < 4.78 is 5.08. The SMILES string of the molecule is C=CC[C@]1(C)CON(C(=O)OC(C)(C)C)C1=O. The third kappa shape index (κ3) is 3.06. The lowest BCUT2D eigenvalue weighted by atomic mass is 9.88. The highest BCUT2D eigenvalue weighted by Gasteiger charge is 2.47. The van der Waals surface area contributed by atoms with Gasteiger partial charge in [-0.05, 0) is 34.1 Å². The fourth-order valence-corrected chi connectivity index (χ4v) is 1.48. The molecule has 1 fully saturated rings. The topological polar surface area (TPSA) is 55.8 Å². The Labute approximate surface area is 101 Å². The summed E-state index contributed by atoms with van der Waals surface area (Å²) in [6.45, 7) is 10.7. The summed E-state index contributed by atoms with van der Waals surface area (Å²) in [7, 11) is 0. The Morgan fingerprint density at radius 3 is 2.71 bits per heavy atom. The zero-order valence-electron chi connectivity index (χ0n) is 10.8. The molecule has 1 atom stereocenters. The molecule has 96 valence electrons. The summed E-state index contributed by atoms with van der Waals surface area (Å²) in [6, 6.07) is 0. The van der Waals surface area contributed by atoms with E-state index in [-0.39, 0.29) is 12.5 Å². The van der Waals surface area contributed by atoms with E-state index in [4.69, 9.17) is 9.57 Å². The van der Waals surface area contributed by atoms with Crippen molar-refractivity contribution in [3.63, 3.8) is 0 Å². The number of hydrogen-bond donors (Lipinski definition) is 0. The van der Waals surface area contributed by atoms with Crippen molar-refractivity contribution < 1.29 is 19.2 Å². The summed E-state index contributed by atoms with van der Waals surface area (Å²) in [6.07, 6.45) is 1.33. The molecule has 1 rings (SSSR count). The molecule has 0 aromatic rings. The fourth-order valence-electron chi connectivity index (χ4n) is 1.48. The fraction of sp³-hybridized carbons (Fsp3) is 0.667. The maximum atomic E-state index is 12.0. The average molecular weight is 241 g/mol. The monoisotopic (exact) mass is 241 g/mol. The minimum absolute atomic E-state index is 0.164. The molecule has 0 unspecified atom stereocenters. The first-order valence-corrected chi connectivity index (χ1v) is 5.51. The number of ether oxygens (including phenoxy) is 1. The van der Waals surface area contributed by atoms with Gasteiger partial charge in [-0.1, -0.05) is 6.08 Å². The molecule has 1 aliphatic rings. The van der Waals surface area contributed by atoms with Crippen LogP contribution in [0.1, 0.15) is 34.1 Å². The van der Waals surface area contributed by atoms with Crippen molar-refractivity contribution in [1.82, 2.24) is 5.06 Å². The van der Waals surface area contributed by atoms with Crippen LogP contribution >= 0.6 is 0 Å². The highest BCUT2D eigenvalue weighted by Crippen LogP contribution is 2.32. The van der Waals surface area contributed by atoms with Gasteiger partial charge in [-0.15, -0.1) is 11.6 Å². The molecular weight excluding hydrogens is 222 g/mol. The second kappa shape index (κ2) is 4.49. The van der Waals surface area contributed by atoms with E-state index in [9.17, 15) is 9.59 Å². The van der Waals surface area contributed by atoms with Crippen molar-refractivity contribution in [3.8, 4) is 0 Å². The first-order valence-electron chi connectivity index (χ1n) is 5.51. The van der Waals surface area contributed by atoms with Crippen LogP contribution in [0.4, 0.5) is 4.79 Å². The Morgan fingerprint density at radius 1 is 1.65 bits per heavy atom. The molecule has 0 aromatic heterocycles. The average Bonchev–Trinajstić information content (AvgIpc) is 2.41. The summed E-state index contributed by atoms with van der Waals surface area (Å²) >= 11 is 0. The largest absolute Gasteiger partial charge is 0.442 e. The standard InChI is InChI=1S/C12H19NO4/c1-6-7-12(5)8-16-13(9(12)14)10(15)17-11(2,3)4/h6H,1,7-8H2,2-5H3/t12-/m1/s1. The summed E-state index contributed by atoms with van der Waals surface area (Å²) in [4.78, 5) is 28.8. The summed E-state index contributed by atoms with van der Waals surface area (Å²) in [5.41, 5.74) is -1.38. The van der Waals surface area contributed by atoms with E-state index in [0.29, 0.717) is 11.5 Å². The number of carbonyl (C=O) groups excluding carboxylic acids is 2. The van der Waals surface area contributed by atoms with Crippen molar-refractivity contribution >= 4 is 12.0 Å². The van der Waals surface area contributed by atoms with E-state index >= 15 is 0 Å². The van der Waals surface area contributed by atoms with Gasteiger partial charge < -0.3 is 4.74 Å². The molecule has 0 bridgehead atoms. The minimum atomic E-state index is -0.768. The van der Waals surface area contributed by atoms with Gasteiger partial charge in [0.2, 0.25) is 0 Å². The number of nitrogens with zero attached hydrogens (tertiary/aromatic N) is 1. The quantitative estimate of drug-likeness (QED) is 0.696. The van der Waals surface area contributed by atoms with Gasteiger partial charge in [0, 0.05) is 0 Å². The van der Waals surface area contributed by atoms with E-state index < -0.39 is 17.1 Å². The van der Waals surface area contributed by atoms with Crippen LogP contribution in [-0.2, 0) is 14.4 Å². The lowest BCUT2D eigenvalue weighted by molar-refractivity contribution is -0.156. The lowest BCUT2D eigenvalue weighted by Gasteiger charge is -2.23. The number of amides is 2. The first kappa shape index (κ1) is 13.7. The van der Waals surface area contributed by atoms with Gasteiger partial charge in [-0.3, -0.25) is 9.63 Å². The molecule has 0 aromatic carbocycles. The predicted molar refractivity (Wildman–Crippen MR) is 62.0 cm³/mol. The second-order valence-electron chi connectivity index (χ2n) is 5.41. The molecule has 0 spiro atoms. The van der Waals surface area contributed by atoms with Crippen LogP contribution in [0.25, 0.3) is 0 Å². The van der Waals surface area contributed by atoms with Gasteiger partial charge in [0.15, 0.2) is 0 Å². The molecule has 5 heteroatoms. The van der Waals surface area contributed by atoms with Crippen LogP contribution < -0.4 is 0 Å². The Hall–Kier alpha value is -1.36. The van der Waals surface area contributed by atoms with Gasteiger partial charge in [-0.25, -0.2) is 4.79 Å². The van der Waals surface area contributed by atoms with Gasteiger partial charge in [-0.2, -0.15) is 0 Å². The highest BCUT2D eigenvalue weighted by molar-refractivity contribution is 5.95. The number of imide groups is 1. The van der Waals surface area contributed by atoms with Crippen LogP contribution in [0.3, 0.4) is 0 Å². The molecule has 1 saturated heterocycles. The smallest absolute Gasteiger partial charge is 0.442 e. The Kier molecular flexibility index (Phi) is 3.62. The number of carbonyl (C=O) groups is 2. The van der Waals surface area contributed by atoms with Crippen molar-refractivity contribution in [2.24, 2.45) is 5.41 Å². The Balaban J connectivity index is 2.74. The molecule has 0 aliphatic carbocycles. The molecule has 5 nitrogen and oxygen atoms in total. The Morgan fingerprint density at radius 2 is 2.24 bits per heavy atom. The number of hydroxylamine groups is 2. The lowest BCUT2D eigenvalue weighted by Crippen LogP contribution is -2.40. The molecule has 1 heterocycles. The molecule has 0 radical (unpaired) electrons. The molecule has 1 aliphatic heterocycles. The van der Waals surface area contributed by atoms with Crippen molar-refractivity contribution in [2.75, 3.05) is 6.61 Å². The summed E-state index contributed by atoms with van der Waals surface area (Å²) in [5.74, 6) is -0.383. The molecule has 2 amide bonds. The van der Waals surface area contributed by atoms with Crippen molar-refractivity contribution in [3.05, 3.63) is 12.7 Å². The molecule has 0 saturated carbocycles. The normalized spacial score (nSPS) is 24.9. The number of rotatable bonds is 2. The van der Waals surface area contributed by atoms with Crippen LogP contribution in [0.5, 0.6) is 0 Å². The zero-order valence-corrected chi connectivity index (χ0v) is 10.8. The number of hydrogen-bond acceptors (Lipinski definition) is 4. The Bertz CT molecular complexity index is 345. The second-order valence-corrected chi connectivity index (χ2v) is 5.41. The van der Waals surface area contributed by atoms with E-state index in [2.05, 4.69) is 6.58 Å². The maximum absolute atomic E-state index is 12.0. The van der Waals surface area contributed by atoms with Gasteiger partial charge in [0.05, 0.1) is 12.0 Å². The van der Waals surface area contributed by atoms with Crippen LogP contribution in [0.2, 0.25) is 0 Å². The first-order chi connectivity index (χ1) is 7.69. The minimum Gasteiger partial charge on any atom is -0.442 e. The van der Waals surface area contributed by atoms with Crippen LogP contribution in [0.15, 0.2) is 12.7 Å². The molecule has 17 heavy (non-hydrogen) atoms. The highest BCUT2D eigenvalue weighted by atomic mass is 16.7. The third-order valence-corrected chi connectivity index (χ3v) is 2.37. The zero-order chi connectivity index (χ0) is 13.3. The maximum Gasteiger partial charge on any atom is 0.442 e. The third-order valence-electron chi connectivity index (χ3n) is 2.37.